The van der Waals surface area contributed by atoms with E-state index < -0.39 is 18.8 Å². The maximum Gasteiger partial charge on any atom is 0.399 e. The largest absolute Gasteiger partial charge is 0.399 e. The molecule has 0 radical (unpaired) electrons. The summed E-state index contributed by atoms with van der Waals surface area (Å²) in [5.74, 6) is 0.812. The van der Waals surface area contributed by atoms with Crippen molar-refractivity contribution in [2.75, 3.05) is 5.75 Å². The van der Waals surface area contributed by atoms with Crippen molar-refractivity contribution in [2.45, 2.75) is 29.8 Å². The van der Waals surface area contributed by atoms with Gasteiger partial charge in [0, 0.05) is 15.8 Å². The van der Waals surface area contributed by atoms with Gasteiger partial charge in [0.15, 0.2) is 4.34 Å². The average molecular weight is 459 g/mol. The van der Waals surface area contributed by atoms with Gasteiger partial charge in [-0.15, -0.1) is 10.2 Å². The molecule has 24 heavy (non-hydrogen) atoms. The lowest BCUT2D eigenvalue weighted by molar-refractivity contribution is 0.0557. The Morgan fingerprint density at radius 2 is 2.08 bits per heavy atom. The van der Waals surface area contributed by atoms with Gasteiger partial charge < -0.3 is 9.79 Å². The fourth-order valence-corrected chi connectivity index (χ4v) is 5.05. The number of hydrogen-bond donors (Lipinski definition) is 2. The number of thioether (sulfide) groups is 1. The second kappa shape index (κ2) is 7.88. The maximum atomic E-state index is 13.7. The predicted molar refractivity (Wildman–Crippen MR) is 93.8 cm³/mol. The van der Waals surface area contributed by atoms with Crippen LogP contribution in [0.5, 0.6) is 0 Å². The van der Waals surface area contributed by atoms with Crippen LogP contribution in [-0.4, -0.2) is 25.7 Å². The standard InChI is InChI=1S/C13H14BrF2N2O3PS2/c1-8-17-18-12(24-8)23-6-2-3-9-4-5-10(11(14)7-9)13(15,16)22(19,20)21/h4-5,7H,2-3,6H2,1H3,(H2,19,20,21). The fraction of sp³-hybridized carbons (Fsp3) is 0.385. The SMILES string of the molecule is Cc1nnc(SCCCc2ccc(C(F)(F)P(=O)(O)O)c(Br)c2)s1. The maximum absolute atomic E-state index is 13.7. The molecule has 0 saturated heterocycles. The van der Waals surface area contributed by atoms with Crippen LogP contribution in [0.15, 0.2) is 27.0 Å². The van der Waals surface area contributed by atoms with Crippen molar-refractivity contribution < 1.29 is 23.1 Å². The summed E-state index contributed by atoms with van der Waals surface area (Å²) in [6.07, 6.45) is 1.47. The zero-order chi connectivity index (χ0) is 18.0. The van der Waals surface area contributed by atoms with Gasteiger partial charge in [-0.25, -0.2) is 0 Å². The topological polar surface area (TPSA) is 83.3 Å². The van der Waals surface area contributed by atoms with Crippen LogP contribution in [0.1, 0.15) is 22.6 Å². The highest BCUT2D eigenvalue weighted by Crippen LogP contribution is 2.60. The third kappa shape index (κ3) is 4.83. The van der Waals surface area contributed by atoms with Crippen molar-refractivity contribution in [3.63, 3.8) is 0 Å². The van der Waals surface area contributed by atoms with Gasteiger partial charge in [0.25, 0.3) is 0 Å². The molecular weight excluding hydrogens is 445 g/mol. The van der Waals surface area contributed by atoms with Gasteiger partial charge in [0.05, 0.1) is 0 Å². The molecule has 1 aromatic heterocycles. The molecule has 0 atom stereocenters. The first-order valence-electron chi connectivity index (χ1n) is 6.76. The second-order valence-corrected chi connectivity index (χ2v) is 9.97. The number of aryl methyl sites for hydroxylation is 2. The third-order valence-corrected chi connectivity index (χ3v) is 6.75. The molecule has 0 aliphatic heterocycles. The number of alkyl halides is 2. The molecule has 0 amide bonds. The highest BCUT2D eigenvalue weighted by Gasteiger charge is 2.51. The van der Waals surface area contributed by atoms with Crippen LogP contribution in [0.3, 0.4) is 0 Å². The summed E-state index contributed by atoms with van der Waals surface area (Å²) in [7, 11) is -5.57. The molecule has 5 nitrogen and oxygen atoms in total. The molecule has 1 heterocycles. The Labute approximate surface area is 154 Å². The van der Waals surface area contributed by atoms with Crippen LogP contribution in [-0.2, 0) is 16.6 Å². The number of aromatic nitrogens is 2. The van der Waals surface area contributed by atoms with Gasteiger partial charge in [0.2, 0.25) is 0 Å². The lowest BCUT2D eigenvalue weighted by Crippen LogP contribution is -2.14. The summed E-state index contributed by atoms with van der Waals surface area (Å²) in [6, 6.07) is 3.99. The van der Waals surface area contributed by atoms with E-state index in [2.05, 4.69) is 26.1 Å². The summed E-state index contributed by atoms with van der Waals surface area (Å²) < 4.78 is 39.3. The molecule has 2 aromatic rings. The number of hydrogen-bond acceptors (Lipinski definition) is 5. The minimum Gasteiger partial charge on any atom is -0.320 e. The van der Waals surface area contributed by atoms with Crippen LogP contribution < -0.4 is 0 Å². The smallest absolute Gasteiger partial charge is 0.320 e. The molecule has 0 aliphatic rings. The highest BCUT2D eigenvalue weighted by atomic mass is 79.9. The second-order valence-electron chi connectivity index (χ2n) is 4.94. The van der Waals surface area contributed by atoms with Crippen molar-refractivity contribution in [3.05, 3.63) is 38.8 Å². The van der Waals surface area contributed by atoms with Gasteiger partial charge in [-0.05, 0) is 31.4 Å². The van der Waals surface area contributed by atoms with Crippen molar-refractivity contribution in [3.8, 4) is 0 Å². The molecule has 0 bridgehead atoms. The molecule has 0 unspecified atom stereocenters. The van der Waals surface area contributed by atoms with E-state index in [9.17, 15) is 13.3 Å². The summed E-state index contributed by atoms with van der Waals surface area (Å²) in [6.45, 7) is 1.88. The molecule has 0 aliphatic carbocycles. The van der Waals surface area contributed by atoms with Crippen LogP contribution in [0.25, 0.3) is 0 Å². The summed E-state index contributed by atoms with van der Waals surface area (Å²) in [5, 5.41) is 8.83. The monoisotopic (exact) mass is 458 g/mol. The first-order valence-corrected chi connectivity index (χ1v) is 11.0. The van der Waals surface area contributed by atoms with Gasteiger partial charge in [-0.1, -0.05) is 51.2 Å². The lowest BCUT2D eigenvalue weighted by Gasteiger charge is -2.19. The van der Waals surface area contributed by atoms with Crippen LogP contribution >= 0.6 is 46.6 Å². The molecule has 2 rings (SSSR count). The van der Waals surface area contributed by atoms with Crippen LogP contribution in [0.2, 0.25) is 0 Å². The van der Waals surface area contributed by atoms with Crippen molar-refractivity contribution in [1.29, 1.82) is 0 Å². The van der Waals surface area contributed by atoms with E-state index >= 15 is 0 Å². The normalized spacial score (nSPS) is 12.6. The van der Waals surface area contributed by atoms with E-state index in [1.54, 1.807) is 11.8 Å². The summed E-state index contributed by atoms with van der Waals surface area (Å²) in [5.41, 5.74) is -4.12. The fourth-order valence-electron chi connectivity index (χ4n) is 1.89. The minimum absolute atomic E-state index is 0.0132. The minimum atomic E-state index is -5.57. The molecule has 1 aromatic carbocycles. The predicted octanol–water partition coefficient (Wildman–Crippen LogP) is 4.56. The van der Waals surface area contributed by atoms with Crippen molar-refractivity contribution in [1.82, 2.24) is 10.2 Å². The first kappa shape index (κ1) is 19.9. The molecule has 0 saturated carbocycles. The molecule has 11 heteroatoms. The zero-order valence-corrected chi connectivity index (χ0v) is 16.6. The van der Waals surface area contributed by atoms with Crippen LogP contribution in [0, 0.1) is 6.92 Å². The number of nitrogens with zero attached hydrogens (tertiary/aromatic N) is 2. The zero-order valence-electron chi connectivity index (χ0n) is 12.4. The third-order valence-electron chi connectivity index (χ3n) is 3.07. The average Bonchev–Trinajstić information content (AvgIpc) is 2.88. The number of rotatable bonds is 7. The Hall–Kier alpha value is -0.380. The van der Waals surface area contributed by atoms with Crippen molar-refractivity contribution >= 4 is 46.6 Å². The van der Waals surface area contributed by atoms with Gasteiger partial charge in [0.1, 0.15) is 5.01 Å². The Balaban J connectivity index is 1.96. The quantitative estimate of drug-likeness (QED) is 0.359. The van der Waals surface area contributed by atoms with Gasteiger partial charge in [-0.2, -0.15) is 8.78 Å². The van der Waals surface area contributed by atoms with E-state index in [4.69, 9.17) is 9.79 Å². The summed E-state index contributed by atoms with van der Waals surface area (Å²) in [4.78, 5) is 17.6. The van der Waals surface area contributed by atoms with Crippen molar-refractivity contribution in [2.24, 2.45) is 0 Å². The van der Waals surface area contributed by atoms with E-state index in [0.717, 1.165) is 33.2 Å². The first-order chi connectivity index (χ1) is 11.1. The van der Waals surface area contributed by atoms with Crippen LogP contribution in [0.4, 0.5) is 8.78 Å². The molecule has 0 spiro atoms. The van der Waals surface area contributed by atoms with E-state index in [0.29, 0.717) is 6.42 Å². The van der Waals surface area contributed by atoms with Gasteiger partial charge in [-0.3, -0.25) is 4.57 Å². The molecule has 2 N–H and O–H groups in total. The number of halogens is 3. The Morgan fingerprint density at radius 3 is 2.62 bits per heavy atom. The highest BCUT2D eigenvalue weighted by molar-refractivity contribution is 9.10. The number of benzene rings is 1. The molecule has 0 fully saturated rings. The Bertz CT molecular complexity index is 769. The lowest BCUT2D eigenvalue weighted by atomic mass is 10.1. The van der Waals surface area contributed by atoms with E-state index in [1.807, 2.05) is 6.92 Å². The molecule has 132 valence electrons. The van der Waals surface area contributed by atoms with E-state index in [1.165, 1.54) is 23.5 Å². The van der Waals surface area contributed by atoms with E-state index in [-0.39, 0.29) is 4.47 Å². The molecular formula is C13H14BrF2N2O3PS2. The summed E-state index contributed by atoms with van der Waals surface area (Å²) >= 11 is 6.08. The Morgan fingerprint density at radius 1 is 1.38 bits per heavy atom. The van der Waals surface area contributed by atoms with Gasteiger partial charge >= 0.3 is 13.3 Å². The Kier molecular flexibility index (Phi) is 6.55.